The summed E-state index contributed by atoms with van der Waals surface area (Å²) in [4.78, 5) is 10.8. The second-order valence-electron chi connectivity index (χ2n) is 2.68. The summed E-state index contributed by atoms with van der Waals surface area (Å²) in [7, 11) is 1.41. The summed E-state index contributed by atoms with van der Waals surface area (Å²) in [5.41, 5.74) is -0.382. The molecule has 1 aromatic rings. The van der Waals surface area contributed by atoms with Gasteiger partial charge < -0.3 is 4.74 Å². The zero-order valence-electron chi connectivity index (χ0n) is 7.56. The van der Waals surface area contributed by atoms with Crippen LogP contribution in [0.5, 0.6) is 5.75 Å². The lowest BCUT2D eigenvalue weighted by atomic mass is 10.1. The lowest BCUT2D eigenvalue weighted by Gasteiger charge is -2.07. The normalized spacial score (nSPS) is 11.3. The summed E-state index contributed by atoms with van der Waals surface area (Å²) >= 11 is 1.80. The van der Waals surface area contributed by atoms with E-state index < -0.39 is 12.0 Å². The molecular weight excluding hydrogens is 324 g/mol. The fourth-order valence-corrected chi connectivity index (χ4v) is 1.71. The molecular formula is C9H6F3IO2. The van der Waals surface area contributed by atoms with E-state index in [0.717, 1.165) is 12.1 Å². The van der Waals surface area contributed by atoms with Gasteiger partial charge in [0.05, 0.1) is 10.7 Å². The second kappa shape index (κ2) is 4.38. The van der Waals surface area contributed by atoms with Crippen molar-refractivity contribution < 1.29 is 22.7 Å². The molecule has 0 spiro atoms. The molecule has 0 aliphatic rings. The first-order chi connectivity index (χ1) is 6.86. The van der Waals surface area contributed by atoms with Gasteiger partial charge in [0, 0.05) is 5.56 Å². The number of halogens is 4. The van der Waals surface area contributed by atoms with Crippen LogP contribution in [-0.2, 0) is 0 Å². The van der Waals surface area contributed by atoms with Gasteiger partial charge in [-0.15, -0.1) is 0 Å². The Hall–Kier alpha value is -0.790. The van der Waals surface area contributed by atoms with Gasteiger partial charge in [-0.3, -0.25) is 4.79 Å². The van der Waals surface area contributed by atoms with Gasteiger partial charge in [-0.2, -0.15) is 13.2 Å². The molecule has 0 saturated carbocycles. The van der Waals surface area contributed by atoms with Gasteiger partial charge in [0.2, 0.25) is 0 Å². The van der Waals surface area contributed by atoms with Crippen molar-refractivity contribution >= 4 is 28.4 Å². The van der Waals surface area contributed by atoms with E-state index in [1.54, 1.807) is 22.6 Å². The molecule has 0 saturated heterocycles. The average Bonchev–Trinajstić information content (AvgIpc) is 2.15. The SMILES string of the molecule is COc1ccc(C(=O)C(F)(F)F)cc1I. The van der Waals surface area contributed by atoms with Crippen molar-refractivity contribution in [2.45, 2.75) is 6.18 Å². The number of ketones is 1. The van der Waals surface area contributed by atoms with E-state index in [1.807, 2.05) is 0 Å². The molecule has 0 aliphatic carbocycles. The number of hydrogen-bond donors (Lipinski definition) is 0. The molecule has 2 nitrogen and oxygen atoms in total. The highest BCUT2D eigenvalue weighted by Crippen LogP contribution is 2.26. The minimum atomic E-state index is -4.84. The number of alkyl halides is 3. The topological polar surface area (TPSA) is 26.3 Å². The van der Waals surface area contributed by atoms with Crippen LogP contribution in [0.3, 0.4) is 0 Å². The Balaban J connectivity index is 3.08. The molecule has 0 aromatic heterocycles. The highest BCUT2D eigenvalue weighted by molar-refractivity contribution is 14.1. The van der Waals surface area contributed by atoms with Crippen molar-refractivity contribution in [3.8, 4) is 5.75 Å². The summed E-state index contributed by atoms with van der Waals surface area (Å²) in [5.74, 6) is -1.41. The summed E-state index contributed by atoms with van der Waals surface area (Å²) in [6.07, 6.45) is -4.84. The molecule has 1 rings (SSSR count). The molecule has 0 unspecified atom stereocenters. The quantitative estimate of drug-likeness (QED) is 0.615. The Kier molecular flexibility index (Phi) is 3.58. The van der Waals surface area contributed by atoms with Gasteiger partial charge in [-0.25, -0.2) is 0 Å². The van der Waals surface area contributed by atoms with Crippen LogP contribution in [0.1, 0.15) is 10.4 Å². The highest BCUT2D eigenvalue weighted by atomic mass is 127. The molecule has 0 radical (unpaired) electrons. The van der Waals surface area contributed by atoms with E-state index in [0.29, 0.717) is 9.32 Å². The zero-order chi connectivity index (χ0) is 11.6. The van der Waals surface area contributed by atoms with E-state index in [4.69, 9.17) is 4.74 Å². The number of hydrogen-bond acceptors (Lipinski definition) is 2. The molecule has 82 valence electrons. The Bertz CT molecular complexity index is 387. The van der Waals surface area contributed by atoms with Gasteiger partial charge in [0.25, 0.3) is 5.78 Å². The fourth-order valence-electron chi connectivity index (χ4n) is 0.971. The molecule has 0 bridgehead atoms. The Morgan fingerprint density at radius 2 is 2.00 bits per heavy atom. The van der Waals surface area contributed by atoms with Crippen LogP contribution in [0.4, 0.5) is 13.2 Å². The maximum Gasteiger partial charge on any atom is 0.454 e. The smallest absolute Gasteiger partial charge is 0.454 e. The largest absolute Gasteiger partial charge is 0.496 e. The molecule has 1 aromatic carbocycles. The van der Waals surface area contributed by atoms with Gasteiger partial charge in [-0.05, 0) is 40.8 Å². The molecule has 15 heavy (non-hydrogen) atoms. The highest BCUT2D eigenvalue weighted by Gasteiger charge is 2.39. The Labute approximate surface area is 97.6 Å². The van der Waals surface area contributed by atoms with Crippen molar-refractivity contribution in [3.63, 3.8) is 0 Å². The molecule has 0 atom stereocenters. The van der Waals surface area contributed by atoms with Crippen molar-refractivity contribution in [2.24, 2.45) is 0 Å². The van der Waals surface area contributed by atoms with E-state index in [2.05, 4.69) is 0 Å². The van der Waals surface area contributed by atoms with Crippen molar-refractivity contribution in [1.29, 1.82) is 0 Å². The number of methoxy groups -OCH3 is 1. The summed E-state index contributed by atoms with van der Waals surface area (Å²) in [5, 5.41) is 0. The lowest BCUT2D eigenvalue weighted by Crippen LogP contribution is -2.22. The average molecular weight is 330 g/mol. The van der Waals surface area contributed by atoms with Crippen LogP contribution in [0.2, 0.25) is 0 Å². The first-order valence-corrected chi connectivity index (χ1v) is 4.89. The van der Waals surface area contributed by atoms with Crippen molar-refractivity contribution in [1.82, 2.24) is 0 Å². The monoisotopic (exact) mass is 330 g/mol. The fraction of sp³-hybridized carbons (Fsp3) is 0.222. The number of ether oxygens (including phenoxy) is 1. The Morgan fingerprint density at radius 1 is 1.40 bits per heavy atom. The summed E-state index contributed by atoms with van der Waals surface area (Å²) in [6, 6.07) is 3.58. The van der Waals surface area contributed by atoms with E-state index >= 15 is 0 Å². The summed E-state index contributed by atoms with van der Waals surface area (Å²) < 4.78 is 41.5. The summed E-state index contributed by atoms with van der Waals surface area (Å²) in [6.45, 7) is 0. The second-order valence-corrected chi connectivity index (χ2v) is 3.84. The molecule has 0 heterocycles. The molecule has 0 fully saturated rings. The van der Waals surface area contributed by atoms with E-state index in [1.165, 1.54) is 13.2 Å². The first kappa shape index (κ1) is 12.3. The van der Waals surface area contributed by atoms with E-state index in [-0.39, 0.29) is 5.56 Å². The van der Waals surface area contributed by atoms with Gasteiger partial charge in [0.15, 0.2) is 0 Å². The van der Waals surface area contributed by atoms with Crippen LogP contribution >= 0.6 is 22.6 Å². The molecule has 6 heteroatoms. The van der Waals surface area contributed by atoms with Crippen LogP contribution in [-0.4, -0.2) is 19.1 Å². The number of carbonyl (C=O) groups excluding carboxylic acids is 1. The van der Waals surface area contributed by atoms with Crippen LogP contribution in [0.15, 0.2) is 18.2 Å². The third-order valence-corrected chi connectivity index (χ3v) is 2.51. The number of carbonyl (C=O) groups is 1. The minimum absolute atomic E-state index is 0.382. The third-order valence-electron chi connectivity index (χ3n) is 1.67. The lowest BCUT2D eigenvalue weighted by molar-refractivity contribution is -0.0885. The van der Waals surface area contributed by atoms with Gasteiger partial charge in [0.1, 0.15) is 5.75 Å². The Morgan fingerprint density at radius 3 is 2.40 bits per heavy atom. The molecule has 0 amide bonds. The number of benzene rings is 1. The molecule has 0 N–H and O–H groups in total. The van der Waals surface area contributed by atoms with Crippen LogP contribution < -0.4 is 4.74 Å². The molecule has 0 aliphatic heterocycles. The minimum Gasteiger partial charge on any atom is -0.496 e. The van der Waals surface area contributed by atoms with Gasteiger partial charge in [-0.1, -0.05) is 0 Å². The van der Waals surface area contributed by atoms with E-state index in [9.17, 15) is 18.0 Å². The predicted octanol–water partition coefficient (Wildman–Crippen LogP) is 3.04. The number of rotatable bonds is 2. The zero-order valence-corrected chi connectivity index (χ0v) is 9.72. The standard InChI is InChI=1S/C9H6F3IO2/c1-15-7-3-2-5(4-6(7)13)8(14)9(10,11)12/h2-4H,1H3. The first-order valence-electron chi connectivity index (χ1n) is 3.81. The van der Waals surface area contributed by atoms with Crippen molar-refractivity contribution in [2.75, 3.05) is 7.11 Å². The predicted molar refractivity (Wildman–Crippen MR) is 56.1 cm³/mol. The maximum atomic E-state index is 12.1. The third kappa shape index (κ3) is 2.83. The van der Waals surface area contributed by atoms with Crippen LogP contribution in [0.25, 0.3) is 0 Å². The van der Waals surface area contributed by atoms with Crippen LogP contribution in [0, 0.1) is 3.57 Å². The maximum absolute atomic E-state index is 12.1. The number of Topliss-reactive ketones (excluding diaryl/α,β-unsaturated/α-hetero) is 1. The van der Waals surface area contributed by atoms with Crippen molar-refractivity contribution in [3.05, 3.63) is 27.3 Å². The van der Waals surface area contributed by atoms with Gasteiger partial charge >= 0.3 is 6.18 Å².